The first-order valence-electron chi connectivity index (χ1n) is 7.28. The maximum Gasteiger partial charge on any atom is 0.137 e. The first kappa shape index (κ1) is 14.0. The number of aromatic nitrogens is 3. The average molecular weight is 284 g/mol. The van der Waals surface area contributed by atoms with E-state index in [0.717, 1.165) is 32.8 Å². The lowest BCUT2D eigenvalue weighted by Crippen LogP contribution is -2.44. The maximum absolute atomic E-state index is 5.79. The summed E-state index contributed by atoms with van der Waals surface area (Å²) in [6.07, 6.45) is 7.86. The molecular weight excluding hydrogens is 264 g/mol. The summed E-state index contributed by atoms with van der Waals surface area (Å²) in [5.41, 5.74) is 1.24. The maximum atomic E-state index is 5.79. The fourth-order valence-electron chi connectivity index (χ4n) is 2.49. The van der Waals surface area contributed by atoms with Crippen molar-refractivity contribution in [3.8, 4) is 0 Å². The van der Waals surface area contributed by atoms with Crippen LogP contribution in [0.3, 0.4) is 0 Å². The lowest BCUT2D eigenvalue weighted by Gasteiger charge is -2.32. The molecule has 2 aromatic rings. The minimum absolute atomic E-state index is 0.186. The van der Waals surface area contributed by atoms with Crippen molar-refractivity contribution in [2.75, 3.05) is 26.2 Å². The number of benzene rings is 1. The third kappa shape index (κ3) is 4.24. The molecule has 5 heteroatoms. The molecule has 2 heterocycles. The van der Waals surface area contributed by atoms with Crippen LogP contribution in [-0.2, 0) is 11.3 Å². The Labute approximate surface area is 124 Å². The highest BCUT2D eigenvalue weighted by Crippen LogP contribution is 2.08. The predicted octanol–water partition coefficient (Wildman–Crippen LogP) is 1.69. The van der Waals surface area contributed by atoms with Gasteiger partial charge in [-0.25, -0.2) is 4.98 Å². The van der Waals surface area contributed by atoms with E-state index < -0.39 is 0 Å². The standard InChI is InChI=1S/C16H20N4O/c1-2-5-15(6-3-1)7-4-8-19-9-10-21-16(11-19)12-20-14-17-13-18-20/h1-7,13-14,16H,8-12H2/b7-4+/t16-/m1/s1. The molecule has 1 aliphatic rings. The third-order valence-electron chi connectivity index (χ3n) is 3.55. The molecule has 1 atom stereocenters. The van der Waals surface area contributed by atoms with Crippen LogP contribution in [0.2, 0.25) is 0 Å². The molecule has 110 valence electrons. The Bertz CT molecular complexity index is 553. The van der Waals surface area contributed by atoms with Gasteiger partial charge in [0.1, 0.15) is 12.7 Å². The second-order valence-electron chi connectivity index (χ2n) is 5.18. The highest BCUT2D eigenvalue weighted by atomic mass is 16.5. The number of hydrogen-bond donors (Lipinski definition) is 0. The van der Waals surface area contributed by atoms with Gasteiger partial charge in [-0.3, -0.25) is 9.58 Å². The second-order valence-corrected chi connectivity index (χ2v) is 5.18. The summed E-state index contributed by atoms with van der Waals surface area (Å²) in [7, 11) is 0. The highest BCUT2D eigenvalue weighted by Gasteiger charge is 2.20. The zero-order valence-corrected chi connectivity index (χ0v) is 12.0. The molecule has 0 unspecified atom stereocenters. The van der Waals surface area contributed by atoms with Gasteiger partial charge in [-0.05, 0) is 5.56 Å². The van der Waals surface area contributed by atoms with Crippen LogP contribution in [0.25, 0.3) is 6.08 Å². The summed E-state index contributed by atoms with van der Waals surface area (Å²) in [6.45, 7) is 4.40. The minimum atomic E-state index is 0.186. The average Bonchev–Trinajstić information content (AvgIpc) is 3.02. The Morgan fingerprint density at radius 2 is 2.19 bits per heavy atom. The van der Waals surface area contributed by atoms with Gasteiger partial charge in [0.15, 0.2) is 0 Å². The van der Waals surface area contributed by atoms with Crippen molar-refractivity contribution >= 4 is 6.08 Å². The number of nitrogens with zero attached hydrogens (tertiary/aromatic N) is 4. The van der Waals surface area contributed by atoms with Gasteiger partial charge in [0.25, 0.3) is 0 Å². The van der Waals surface area contributed by atoms with Gasteiger partial charge in [0.05, 0.1) is 19.3 Å². The van der Waals surface area contributed by atoms with Crippen molar-refractivity contribution < 1.29 is 4.74 Å². The van der Waals surface area contributed by atoms with Gasteiger partial charge in [-0.2, -0.15) is 5.10 Å². The van der Waals surface area contributed by atoms with Crippen LogP contribution in [0, 0.1) is 0 Å². The van der Waals surface area contributed by atoms with Crippen LogP contribution < -0.4 is 0 Å². The van der Waals surface area contributed by atoms with E-state index >= 15 is 0 Å². The Morgan fingerprint density at radius 3 is 3.00 bits per heavy atom. The smallest absolute Gasteiger partial charge is 0.137 e. The predicted molar refractivity (Wildman–Crippen MR) is 81.7 cm³/mol. The SMILES string of the molecule is C(=C\c1ccccc1)/CN1CCO[C@@H](Cn2cncn2)C1. The van der Waals surface area contributed by atoms with Crippen molar-refractivity contribution in [2.45, 2.75) is 12.6 Å². The van der Waals surface area contributed by atoms with Crippen LogP contribution in [0.1, 0.15) is 5.56 Å². The summed E-state index contributed by atoms with van der Waals surface area (Å²) < 4.78 is 7.62. The molecule has 1 aromatic carbocycles. The molecule has 0 saturated carbocycles. The van der Waals surface area contributed by atoms with Gasteiger partial charge < -0.3 is 4.74 Å². The fraction of sp³-hybridized carbons (Fsp3) is 0.375. The molecule has 0 spiro atoms. The van der Waals surface area contributed by atoms with E-state index in [2.05, 4.69) is 51.4 Å². The number of morpholine rings is 1. The largest absolute Gasteiger partial charge is 0.374 e. The molecule has 0 N–H and O–H groups in total. The van der Waals surface area contributed by atoms with Gasteiger partial charge in [0.2, 0.25) is 0 Å². The van der Waals surface area contributed by atoms with E-state index in [1.807, 2.05) is 10.7 Å². The lowest BCUT2D eigenvalue weighted by atomic mass is 10.2. The first-order valence-corrected chi connectivity index (χ1v) is 7.28. The first-order chi connectivity index (χ1) is 10.4. The van der Waals surface area contributed by atoms with Gasteiger partial charge >= 0.3 is 0 Å². The van der Waals surface area contributed by atoms with E-state index in [1.165, 1.54) is 5.56 Å². The third-order valence-corrected chi connectivity index (χ3v) is 3.55. The van der Waals surface area contributed by atoms with Gasteiger partial charge in [-0.15, -0.1) is 0 Å². The fourth-order valence-corrected chi connectivity index (χ4v) is 2.49. The normalized spacial score (nSPS) is 20.1. The molecule has 1 saturated heterocycles. The summed E-state index contributed by atoms with van der Waals surface area (Å²) in [6, 6.07) is 10.4. The van der Waals surface area contributed by atoms with E-state index in [4.69, 9.17) is 4.74 Å². The summed E-state index contributed by atoms with van der Waals surface area (Å²) in [5.74, 6) is 0. The summed E-state index contributed by atoms with van der Waals surface area (Å²) >= 11 is 0. The van der Waals surface area contributed by atoms with Crippen molar-refractivity contribution in [3.63, 3.8) is 0 Å². The van der Waals surface area contributed by atoms with Crippen molar-refractivity contribution in [3.05, 3.63) is 54.6 Å². The Morgan fingerprint density at radius 1 is 1.29 bits per heavy atom. The molecule has 1 aromatic heterocycles. The van der Waals surface area contributed by atoms with Crippen molar-refractivity contribution in [2.24, 2.45) is 0 Å². The van der Waals surface area contributed by atoms with E-state index in [9.17, 15) is 0 Å². The van der Waals surface area contributed by atoms with Gasteiger partial charge in [0, 0.05) is 19.6 Å². The van der Waals surface area contributed by atoms with Crippen molar-refractivity contribution in [1.29, 1.82) is 0 Å². The minimum Gasteiger partial charge on any atom is -0.374 e. The van der Waals surface area contributed by atoms with E-state index in [0.29, 0.717) is 0 Å². The molecule has 3 rings (SSSR count). The molecule has 1 aliphatic heterocycles. The lowest BCUT2D eigenvalue weighted by molar-refractivity contribution is -0.0338. The topological polar surface area (TPSA) is 43.2 Å². The second kappa shape index (κ2) is 7.15. The van der Waals surface area contributed by atoms with Gasteiger partial charge in [-0.1, -0.05) is 42.5 Å². The Hall–Kier alpha value is -1.98. The van der Waals surface area contributed by atoms with Crippen LogP contribution in [-0.4, -0.2) is 52.0 Å². The Kier molecular flexibility index (Phi) is 4.76. The van der Waals surface area contributed by atoms with Crippen LogP contribution in [0.4, 0.5) is 0 Å². The molecule has 1 fully saturated rings. The zero-order valence-electron chi connectivity index (χ0n) is 12.0. The molecule has 0 bridgehead atoms. The highest BCUT2D eigenvalue weighted by molar-refractivity contribution is 5.48. The zero-order chi connectivity index (χ0) is 14.3. The molecular formula is C16H20N4O. The molecule has 0 aliphatic carbocycles. The van der Waals surface area contributed by atoms with E-state index in [1.54, 1.807) is 12.7 Å². The molecule has 0 radical (unpaired) electrons. The van der Waals surface area contributed by atoms with E-state index in [-0.39, 0.29) is 6.10 Å². The summed E-state index contributed by atoms with van der Waals surface area (Å²) in [4.78, 5) is 6.37. The molecule has 21 heavy (non-hydrogen) atoms. The Balaban J connectivity index is 1.48. The van der Waals surface area contributed by atoms with Crippen LogP contribution in [0.15, 0.2) is 49.1 Å². The number of ether oxygens (including phenoxy) is 1. The quantitative estimate of drug-likeness (QED) is 0.838. The molecule has 5 nitrogen and oxygen atoms in total. The number of rotatable bonds is 5. The monoisotopic (exact) mass is 284 g/mol. The number of hydrogen-bond acceptors (Lipinski definition) is 4. The van der Waals surface area contributed by atoms with Crippen molar-refractivity contribution in [1.82, 2.24) is 19.7 Å². The van der Waals surface area contributed by atoms with Crippen LogP contribution >= 0.6 is 0 Å². The van der Waals surface area contributed by atoms with Crippen LogP contribution in [0.5, 0.6) is 0 Å². The molecule has 0 amide bonds. The summed E-state index contributed by atoms with van der Waals surface area (Å²) in [5, 5.41) is 4.13.